The molecule has 4 N–H and O–H groups in total. The number of hydrogen-bond acceptors (Lipinski definition) is 10. The summed E-state index contributed by atoms with van der Waals surface area (Å²) < 4.78 is 64.2. The Hall–Kier alpha value is -0.220. The summed E-state index contributed by atoms with van der Waals surface area (Å²) in [5.41, 5.74) is 4.88. The molecule has 0 heterocycles. The quantitative estimate of drug-likeness (QED) is 0.161. The molecule has 34 heavy (non-hydrogen) atoms. The van der Waals surface area contributed by atoms with Crippen molar-refractivity contribution in [2.75, 3.05) is 35.2 Å². The second-order valence-corrected chi connectivity index (χ2v) is 10.5. The van der Waals surface area contributed by atoms with E-state index in [0.717, 1.165) is 22.3 Å². The van der Waals surface area contributed by atoms with Crippen LogP contribution in [0.25, 0.3) is 11.1 Å². The molecule has 0 saturated heterocycles. The first-order valence-electron chi connectivity index (χ1n) is 9.66. The minimum absolute atomic E-state index is 0. The van der Waals surface area contributed by atoms with Gasteiger partial charge >= 0.3 is 59.1 Å². The molecule has 0 fully saturated rings. The fourth-order valence-electron chi connectivity index (χ4n) is 3.13. The molecule has 0 amide bonds. The molecule has 2 rings (SSSR count). The Kier molecular flexibility index (Phi) is 14.4. The van der Waals surface area contributed by atoms with Gasteiger partial charge in [-0.2, -0.15) is 0 Å². The van der Waals surface area contributed by atoms with E-state index in [2.05, 4.69) is 10.6 Å². The van der Waals surface area contributed by atoms with E-state index < -0.39 is 43.9 Å². The van der Waals surface area contributed by atoms with Crippen LogP contribution < -0.4 is 69.7 Å². The molecule has 2 atom stereocenters. The zero-order valence-corrected chi connectivity index (χ0v) is 25.2. The Morgan fingerprint density at radius 2 is 1.06 bits per heavy atom. The number of rotatable bonds is 11. The van der Waals surface area contributed by atoms with Crippen LogP contribution in [0.3, 0.4) is 0 Å². The van der Waals surface area contributed by atoms with E-state index in [4.69, 9.17) is 0 Å². The monoisotopic (exact) mass is 532 g/mol. The summed E-state index contributed by atoms with van der Waals surface area (Å²) in [4.78, 5) is 0. The number of benzene rings is 2. The molecule has 0 aromatic heterocycles. The van der Waals surface area contributed by atoms with Crippen LogP contribution in [-0.2, 0) is 20.2 Å². The maximum atomic E-state index is 10.7. The van der Waals surface area contributed by atoms with Gasteiger partial charge in [0.25, 0.3) is 0 Å². The van der Waals surface area contributed by atoms with Crippen LogP contribution in [0.15, 0.2) is 36.4 Å². The van der Waals surface area contributed by atoms with Gasteiger partial charge in [0.1, 0.15) is 0 Å². The SMILES string of the molecule is Cc1cc(-c2ccc(NCC(O)CS(=O)(=O)[O-])c(C)c2)ccc1NCC(O)CS(=O)(=O)[O-].[Na+].[Na+]. The van der Waals surface area contributed by atoms with Crippen molar-refractivity contribution in [2.24, 2.45) is 0 Å². The summed E-state index contributed by atoms with van der Waals surface area (Å²) >= 11 is 0. The summed E-state index contributed by atoms with van der Waals surface area (Å²) in [7, 11) is -9.01. The van der Waals surface area contributed by atoms with E-state index in [1.807, 2.05) is 38.1 Å². The van der Waals surface area contributed by atoms with E-state index in [9.17, 15) is 36.2 Å². The van der Waals surface area contributed by atoms with E-state index in [0.29, 0.717) is 11.4 Å². The van der Waals surface area contributed by atoms with Gasteiger partial charge in [0.05, 0.1) is 43.9 Å². The van der Waals surface area contributed by atoms with Crippen LogP contribution in [0.2, 0.25) is 0 Å². The molecule has 2 unspecified atom stereocenters. The smallest absolute Gasteiger partial charge is 0.748 e. The number of anilines is 2. The van der Waals surface area contributed by atoms with Gasteiger partial charge in [0, 0.05) is 24.5 Å². The molecule has 0 aliphatic heterocycles. The first-order valence-corrected chi connectivity index (χ1v) is 12.8. The third-order valence-electron chi connectivity index (χ3n) is 4.64. The van der Waals surface area contributed by atoms with E-state index in [1.165, 1.54) is 0 Å². The van der Waals surface area contributed by atoms with Crippen molar-refractivity contribution < 1.29 is 95.3 Å². The first-order chi connectivity index (χ1) is 14.7. The summed E-state index contributed by atoms with van der Waals surface area (Å²) in [5.74, 6) is -1.72. The summed E-state index contributed by atoms with van der Waals surface area (Å²) in [6.07, 6.45) is -2.63. The minimum Gasteiger partial charge on any atom is -0.748 e. The molecule has 0 bridgehead atoms. The van der Waals surface area contributed by atoms with Gasteiger partial charge < -0.3 is 30.0 Å². The van der Waals surface area contributed by atoms with E-state index >= 15 is 0 Å². The first kappa shape index (κ1) is 33.8. The van der Waals surface area contributed by atoms with Gasteiger partial charge in [0.2, 0.25) is 0 Å². The van der Waals surface area contributed by atoms with Crippen LogP contribution in [0.1, 0.15) is 11.1 Å². The van der Waals surface area contributed by atoms with Gasteiger partial charge in [-0.1, -0.05) is 12.1 Å². The number of hydrogen-bond donors (Lipinski definition) is 4. The van der Waals surface area contributed by atoms with Crippen LogP contribution in [0.5, 0.6) is 0 Å². The van der Waals surface area contributed by atoms with Crippen LogP contribution in [0.4, 0.5) is 11.4 Å². The second-order valence-electron chi connectivity index (χ2n) is 7.58. The molecule has 0 aliphatic rings. The fourth-order valence-corrected chi connectivity index (χ4v) is 4.31. The van der Waals surface area contributed by atoms with Crippen molar-refractivity contribution >= 4 is 31.6 Å². The fraction of sp³-hybridized carbons (Fsp3) is 0.400. The maximum absolute atomic E-state index is 10.7. The van der Waals surface area contributed by atoms with E-state index in [-0.39, 0.29) is 72.2 Å². The minimum atomic E-state index is -4.51. The zero-order valence-electron chi connectivity index (χ0n) is 19.6. The van der Waals surface area contributed by atoms with Gasteiger partial charge in [-0.05, 0) is 60.4 Å². The van der Waals surface area contributed by atoms with E-state index in [1.54, 1.807) is 12.1 Å². The molecule has 14 heteroatoms. The normalized spacial score (nSPS) is 13.2. The number of nitrogens with one attached hydrogen (secondary N) is 2. The Bertz CT molecular complexity index is 1070. The topological polar surface area (TPSA) is 179 Å². The van der Waals surface area contributed by atoms with Crippen molar-refractivity contribution in [1.29, 1.82) is 0 Å². The second kappa shape index (κ2) is 14.5. The Morgan fingerprint density at radius 1 is 0.735 bits per heavy atom. The predicted octanol–water partition coefficient (Wildman–Crippen LogP) is -5.39. The molecular weight excluding hydrogens is 506 g/mol. The average molecular weight is 533 g/mol. The average Bonchev–Trinajstić information content (AvgIpc) is 2.63. The number of aryl methyl sites for hydroxylation is 2. The molecule has 0 saturated carbocycles. The molecular formula is C20H26N2Na2O8S2. The number of aliphatic hydroxyl groups is 2. The molecule has 0 radical (unpaired) electrons. The zero-order chi connectivity index (χ0) is 24.1. The van der Waals surface area contributed by atoms with Crippen molar-refractivity contribution in [3.05, 3.63) is 47.5 Å². The molecule has 178 valence electrons. The van der Waals surface area contributed by atoms with Gasteiger partial charge in [-0.25, -0.2) is 16.8 Å². The Morgan fingerprint density at radius 3 is 1.32 bits per heavy atom. The number of aliphatic hydroxyl groups excluding tert-OH is 2. The van der Waals surface area contributed by atoms with Crippen molar-refractivity contribution in [3.63, 3.8) is 0 Å². The largest absolute Gasteiger partial charge is 1.00 e. The molecule has 10 nitrogen and oxygen atoms in total. The van der Waals surface area contributed by atoms with Gasteiger partial charge in [-0.15, -0.1) is 0 Å². The van der Waals surface area contributed by atoms with Crippen molar-refractivity contribution in [1.82, 2.24) is 0 Å². The van der Waals surface area contributed by atoms with Gasteiger partial charge in [0.15, 0.2) is 0 Å². The standard InChI is InChI=1S/C20H28N2O8S2.2Na/c1-13-7-15(3-5-19(13)21-9-17(23)11-31(25,26)27)16-4-6-20(14(2)8-16)22-10-18(24)12-32(28,29)30;;/h3-8,17-18,21-24H,9-12H2,1-2H3,(H,25,26,27)(H,28,29,30);;/q;2*+1/p-2. The van der Waals surface area contributed by atoms with Crippen LogP contribution in [0, 0.1) is 13.8 Å². The Balaban J connectivity index is 0.00000544. The third kappa shape index (κ3) is 12.2. The maximum Gasteiger partial charge on any atom is 1.00 e. The third-order valence-corrected chi connectivity index (χ3v) is 6.22. The summed E-state index contributed by atoms with van der Waals surface area (Å²) in [6, 6.07) is 11.1. The molecule has 0 aliphatic carbocycles. The molecule has 2 aromatic rings. The van der Waals surface area contributed by atoms with Gasteiger partial charge in [-0.3, -0.25) is 0 Å². The van der Waals surface area contributed by atoms with Crippen LogP contribution in [-0.4, -0.2) is 73.0 Å². The molecule has 2 aromatic carbocycles. The summed E-state index contributed by atoms with van der Waals surface area (Å²) in [6.45, 7) is 3.52. The molecule has 0 spiro atoms. The Labute approximate surface area is 244 Å². The van der Waals surface area contributed by atoms with Crippen LogP contribution >= 0.6 is 0 Å². The van der Waals surface area contributed by atoms with Crippen molar-refractivity contribution in [3.8, 4) is 11.1 Å². The van der Waals surface area contributed by atoms with Crippen molar-refractivity contribution in [2.45, 2.75) is 26.1 Å². The predicted molar refractivity (Wildman–Crippen MR) is 119 cm³/mol. The summed E-state index contributed by atoms with van der Waals surface area (Å²) in [5, 5.41) is 25.2.